The molecule has 1 N–H and O–H groups in total. The van der Waals surface area contributed by atoms with Gasteiger partial charge in [0, 0.05) is 43.6 Å². The number of nitrogens with zero attached hydrogens (tertiary/aromatic N) is 1. The molecular weight excluding hydrogens is 272 g/mol. The summed E-state index contributed by atoms with van der Waals surface area (Å²) in [5, 5.41) is 2.75. The molecule has 0 radical (unpaired) electrons. The Kier molecular flexibility index (Phi) is 3.53. The number of aryl methyl sites for hydroxylation is 1. The van der Waals surface area contributed by atoms with Crippen molar-refractivity contribution in [2.45, 2.75) is 32.2 Å². The van der Waals surface area contributed by atoms with E-state index in [1.165, 1.54) is 12.1 Å². The fourth-order valence-corrected chi connectivity index (χ4v) is 2.72. The minimum absolute atomic E-state index is 0.0170. The van der Waals surface area contributed by atoms with Crippen molar-refractivity contribution < 1.29 is 14.0 Å². The molecule has 1 aromatic rings. The lowest BCUT2D eigenvalue weighted by molar-refractivity contribution is -0.128. The van der Waals surface area contributed by atoms with Crippen molar-refractivity contribution in [3.8, 4) is 0 Å². The third-order valence-electron chi connectivity index (χ3n) is 3.89. The summed E-state index contributed by atoms with van der Waals surface area (Å²) in [7, 11) is 0. The average Bonchev–Trinajstić information content (AvgIpc) is 3.19. The van der Waals surface area contributed by atoms with Crippen LogP contribution in [-0.4, -0.2) is 35.8 Å². The van der Waals surface area contributed by atoms with Crippen molar-refractivity contribution in [2.24, 2.45) is 5.92 Å². The molecule has 6 nitrogen and oxygen atoms in total. The van der Waals surface area contributed by atoms with Gasteiger partial charge in [-0.3, -0.25) is 14.4 Å². The van der Waals surface area contributed by atoms with E-state index in [9.17, 15) is 14.4 Å². The highest BCUT2D eigenvalue weighted by atomic mass is 16.3. The summed E-state index contributed by atoms with van der Waals surface area (Å²) in [6, 6.07) is 2.94. The SMILES string of the molecule is Cc1cc(=O)cc(C(=O)NCC2CC(=O)N(C3CC3)C2)o1. The normalized spacial score (nSPS) is 21.7. The molecule has 3 rings (SSSR count). The van der Waals surface area contributed by atoms with E-state index in [1.54, 1.807) is 6.92 Å². The average molecular weight is 290 g/mol. The van der Waals surface area contributed by atoms with Gasteiger partial charge in [-0.05, 0) is 19.8 Å². The number of carbonyl (C=O) groups is 2. The summed E-state index contributed by atoms with van der Waals surface area (Å²) in [6.45, 7) is 2.76. The standard InChI is InChI=1S/C15H18N2O4/c1-9-4-12(18)6-13(21-9)15(20)16-7-10-5-14(19)17(8-10)11-2-3-11/h4,6,10-11H,2-3,5,7-8H2,1H3,(H,16,20). The smallest absolute Gasteiger partial charge is 0.287 e. The lowest BCUT2D eigenvalue weighted by Crippen LogP contribution is -2.32. The van der Waals surface area contributed by atoms with E-state index in [2.05, 4.69) is 5.32 Å². The Morgan fingerprint density at radius 2 is 2.14 bits per heavy atom. The van der Waals surface area contributed by atoms with E-state index in [4.69, 9.17) is 4.42 Å². The van der Waals surface area contributed by atoms with Crippen LogP contribution in [0.3, 0.4) is 0 Å². The largest absolute Gasteiger partial charge is 0.456 e. The summed E-state index contributed by atoms with van der Waals surface area (Å²) < 4.78 is 5.24. The summed E-state index contributed by atoms with van der Waals surface area (Å²) in [4.78, 5) is 37.1. The second-order valence-electron chi connectivity index (χ2n) is 5.83. The Balaban J connectivity index is 1.56. The van der Waals surface area contributed by atoms with Crippen molar-refractivity contribution in [1.29, 1.82) is 0 Å². The second kappa shape index (κ2) is 5.35. The Morgan fingerprint density at radius 3 is 2.81 bits per heavy atom. The van der Waals surface area contributed by atoms with Gasteiger partial charge in [0.1, 0.15) is 5.76 Å². The monoisotopic (exact) mass is 290 g/mol. The van der Waals surface area contributed by atoms with Gasteiger partial charge in [-0.25, -0.2) is 0 Å². The molecular formula is C15H18N2O4. The highest BCUT2D eigenvalue weighted by Gasteiger charge is 2.39. The molecule has 2 amide bonds. The van der Waals surface area contributed by atoms with Crippen LogP contribution in [0.2, 0.25) is 0 Å². The number of carbonyl (C=O) groups excluding carboxylic acids is 2. The number of amides is 2. The van der Waals surface area contributed by atoms with Gasteiger partial charge >= 0.3 is 0 Å². The highest BCUT2D eigenvalue weighted by molar-refractivity contribution is 5.91. The van der Waals surface area contributed by atoms with Crippen LogP contribution in [0.25, 0.3) is 0 Å². The van der Waals surface area contributed by atoms with E-state index in [-0.39, 0.29) is 23.0 Å². The molecule has 2 aliphatic rings. The number of nitrogens with one attached hydrogen (secondary N) is 1. The molecule has 1 atom stereocenters. The minimum Gasteiger partial charge on any atom is -0.456 e. The zero-order valence-corrected chi connectivity index (χ0v) is 11.9. The quantitative estimate of drug-likeness (QED) is 0.884. The molecule has 1 saturated carbocycles. The Hall–Kier alpha value is -2.11. The summed E-state index contributed by atoms with van der Waals surface area (Å²) >= 11 is 0. The number of hydrogen-bond acceptors (Lipinski definition) is 4. The van der Waals surface area contributed by atoms with Gasteiger partial charge in [-0.2, -0.15) is 0 Å². The van der Waals surface area contributed by atoms with Gasteiger partial charge in [0.25, 0.3) is 5.91 Å². The summed E-state index contributed by atoms with van der Waals surface area (Å²) in [5.41, 5.74) is -0.250. The van der Waals surface area contributed by atoms with Gasteiger partial charge in [0.05, 0.1) is 0 Å². The first kappa shape index (κ1) is 13.9. The predicted octanol–water partition coefficient (Wildman–Crippen LogP) is 0.689. The van der Waals surface area contributed by atoms with E-state index in [1.807, 2.05) is 4.90 Å². The maximum Gasteiger partial charge on any atom is 0.287 e. The molecule has 1 saturated heterocycles. The third kappa shape index (κ3) is 3.15. The lowest BCUT2D eigenvalue weighted by Gasteiger charge is -2.15. The maximum absolute atomic E-state index is 12.0. The number of likely N-dealkylation sites (tertiary alicyclic amines) is 1. The van der Waals surface area contributed by atoms with Crippen LogP contribution in [0, 0.1) is 12.8 Å². The fraction of sp³-hybridized carbons (Fsp3) is 0.533. The Morgan fingerprint density at radius 1 is 1.38 bits per heavy atom. The predicted molar refractivity (Wildman–Crippen MR) is 74.9 cm³/mol. The first-order valence-corrected chi connectivity index (χ1v) is 7.22. The van der Waals surface area contributed by atoms with Crippen LogP contribution < -0.4 is 10.7 Å². The minimum atomic E-state index is -0.409. The van der Waals surface area contributed by atoms with Gasteiger partial charge in [0.15, 0.2) is 11.2 Å². The van der Waals surface area contributed by atoms with Crippen molar-refractivity contribution in [3.05, 3.63) is 33.9 Å². The molecule has 6 heteroatoms. The molecule has 21 heavy (non-hydrogen) atoms. The number of rotatable bonds is 4. The van der Waals surface area contributed by atoms with Crippen LogP contribution in [0.5, 0.6) is 0 Å². The first-order chi connectivity index (χ1) is 10.0. The maximum atomic E-state index is 12.0. The van der Waals surface area contributed by atoms with Crippen LogP contribution in [-0.2, 0) is 4.79 Å². The van der Waals surface area contributed by atoms with Gasteiger partial charge in [-0.1, -0.05) is 0 Å². The topological polar surface area (TPSA) is 79.6 Å². The molecule has 1 unspecified atom stereocenters. The van der Waals surface area contributed by atoms with E-state index < -0.39 is 5.91 Å². The van der Waals surface area contributed by atoms with E-state index in [0.29, 0.717) is 31.3 Å². The first-order valence-electron chi connectivity index (χ1n) is 7.22. The molecule has 1 aromatic heterocycles. The lowest BCUT2D eigenvalue weighted by atomic mass is 10.1. The molecule has 0 bridgehead atoms. The summed E-state index contributed by atoms with van der Waals surface area (Å²) in [5.74, 6) is 0.331. The Labute approximate surface area is 122 Å². The van der Waals surface area contributed by atoms with E-state index in [0.717, 1.165) is 12.8 Å². The van der Waals surface area contributed by atoms with Crippen LogP contribution in [0.1, 0.15) is 35.6 Å². The van der Waals surface area contributed by atoms with Crippen molar-refractivity contribution in [3.63, 3.8) is 0 Å². The Bertz CT molecular complexity index is 633. The van der Waals surface area contributed by atoms with Gasteiger partial charge < -0.3 is 14.6 Å². The number of hydrogen-bond donors (Lipinski definition) is 1. The summed E-state index contributed by atoms with van der Waals surface area (Å²) in [6.07, 6.45) is 2.67. The molecule has 0 spiro atoms. The highest BCUT2D eigenvalue weighted by Crippen LogP contribution is 2.32. The molecule has 0 aromatic carbocycles. The fourth-order valence-electron chi connectivity index (χ4n) is 2.72. The zero-order chi connectivity index (χ0) is 15.0. The van der Waals surface area contributed by atoms with Gasteiger partial charge in [-0.15, -0.1) is 0 Å². The van der Waals surface area contributed by atoms with Crippen molar-refractivity contribution in [1.82, 2.24) is 10.2 Å². The van der Waals surface area contributed by atoms with Crippen LogP contribution in [0.4, 0.5) is 0 Å². The molecule has 112 valence electrons. The van der Waals surface area contributed by atoms with Crippen molar-refractivity contribution in [2.75, 3.05) is 13.1 Å². The molecule has 1 aliphatic carbocycles. The molecule has 1 aliphatic heterocycles. The third-order valence-corrected chi connectivity index (χ3v) is 3.89. The van der Waals surface area contributed by atoms with E-state index >= 15 is 0 Å². The molecule has 2 heterocycles. The van der Waals surface area contributed by atoms with Crippen LogP contribution in [0.15, 0.2) is 21.3 Å². The zero-order valence-electron chi connectivity index (χ0n) is 11.9. The second-order valence-corrected chi connectivity index (χ2v) is 5.83. The van der Waals surface area contributed by atoms with Crippen LogP contribution >= 0.6 is 0 Å². The van der Waals surface area contributed by atoms with Gasteiger partial charge in [0.2, 0.25) is 5.91 Å². The van der Waals surface area contributed by atoms with Crippen molar-refractivity contribution >= 4 is 11.8 Å². The molecule has 2 fully saturated rings.